The zero-order valence-corrected chi connectivity index (χ0v) is 15.2. The molecule has 1 aromatic heterocycles. The number of aromatic nitrogens is 2. The standard InChI is InChI=1S/C19H16BrN3O2/c1-2-3-4-11-25-15-9-10-17-16(12-15)18(23-22-17)21-19(24)13-5-7-14(20)8-6-13/h5-10,12H,2,11H2,1H3,(H2,21,22,23,24). The third-order valence-electron chi connectivity index (χ3n) is 3.49. The van der Waals surface area contributed by atoms with Gasteiger partial charge in [-0.3, -0.25) is 9.89 Å². The first kappa shape index (κ1) is 17.1. The summed E-state index contributed by atoms with van der Waals surface area (Å²) >= 11 is 3.35. The monoisotopic (exact) mass is 397 g/mol. The quantitative estimate of drug-likeness (QED) is 0.642. The first-order chi connectivity index (χ1) is 12.2. The zero-order chi connectivity index (χ0) is 17.6. The minimum absolute atomic E-state index is 0.221. The Hall–Kier alpha value is -2.78. The molecule has 0 unspecified atom stereocenters. The van der Waals surface area contributed by atoms with Gasteiger partial charge in [-0.1, -0.05) is 28.8 Å². The van der Waals surface area contributed by atoms with Crippen LogP contribution in [-0.2, 0) is 0 Å². The summed E-state index contributed by atoms with van der Waals surface area (Å²) in [5.74, 6) is 6.81. The molecule has 2 aromatic carbocycles. The van der Waals surface area contributed by atoms with E-state index in [0.717, 1.165) is 21.8 Å². The Kier molecular flexibility index (Phi) is 5.36. The minimum atomic E-state index is -0.221. The molecule has 1 amide bonds. The van der Waals surface area contributed by atoms with Gasteiger partial charge in [0.2, 0.25) is 0 Å². The third-order valence-corrected chi connectivity index (χ3v) is 4.01. The molecule has 0 atom stereocenters. The van der Waals surface area contributed by atoms with Crippen molar-refractivity contribution >= 4 is 38.6 Å². The van der Waals surface area contributed by atoms with Crippen molar-refractivity contribution in [3.05, 3.63) is 52.5 Å². The smallest absolute Gasteiger partial charge is 0.256 e. The summed E-state index contributed by atoms with van der Waals surface area (Å²) in [5, 5.41) is 10.7. The SMILES string of the molecule is CCC#CCOc1ccc2[nH]nc(NC(=O)c3ccc(Br)cc3)c2c1. The fourth-order valence-corrected chi connectivity index (χ4v) is 2.52. The molecule has 126 valence electrons. The highest BCUT2D eigenvalue weighted by Gasteiger charge is 2.12. The lowest BCUT2D eigenvalue weighted by atomic mass is 10.2. The lowest BCUT2D eigenvalue weighted by Crippen LogP contribution is -2.12. The van der Waals surface area contributed by atoms with E-state index in [1.165, 1.54) is 0 Å². The van der Waals surface area contributed by atoms with Gasteiger partial charge in [0.25, 0.3) is 5.91 Å². The summed E-state index contributed by atoms with van der Waals surface area (Å²) in [4.78, 5) is 12.4. The Morgan fingerprint density at radius 3 is 2.80 bits per heavy atom. The van der Waals surface area contributed by atoms with Crippen molar-refractivity contribution in [1.82, 2.24) is 10.2 Å². The van der Waals surface area contributed by atoms with Crippen molar-refractivity contribution in [1.29, 1.82) is 0 Å². The predicted molar refractivity (Wildman–Crippen MR) is 102 cm³/mol. The topological polar surface area (TPSA) is 67.0 Å². The summed E-state index contributed by atoms with van der Waals surface area (Å²) in [6.07, 6.45) is 0.802. The Balaban J connectivity index is 1.79. The molecule has 0 radical (unpaired) electrons. The van der Waals surface area contributed by atoms with Crippen molar-refractivity contribution in [2.75, 3.05) is 11.9 Å². The number of nitrogens with one attached hydrogen (secondary N) is 2. The molecular weight excluding hydrogens is 382 g/mol. The molecule has 0 aliphatic heterocycles. The Morgan fingerprint density at radius 2 is 2.04 bits per heavy atom. The molecule has 0 saturated carbocycles. The molecule has 3 rings (SSSR count). The van der Waals surface area contributed by atoms with Crippen LogP contribution in [0.2, 0.25) is 0 Å². The van der Waals surface area contributed by atoms with E-state index in [0.29, 0.717) is 23.7 Å². The van der Waals surface area contributed by atoms with Crippen LogP contribution in [0.5, 0.6) is 5.75 Å². The second-order valence-electron chi connectivity index (χ2n) is 5.24. The number of ether oxygens (including phenoxy) is 1. The largest absolute Gasteiger partial charge is 0.481 e. The van der Waals surface area contributed by atoms with Gasteiger partial charge in [0.1, 0.15) is 12.4 Å². The first-order valence-corrected chi connectivity index (χ1v) is 8.60. The second kappa shape index (κ2) is 7.86. The molecule has 0 aliphatic carbocycles. The van der Waals surface area contributed by atoms with Crippen LogP contribution in [-0.4, -0.2) is 22.7 Å². The number of hydrogen-bond acceptors (Lipinski definition) is 3. The highest BCUT2D eigenvalue weighted by Crippen LogP contribution is 2.25. The number of rotatable bonds is 4. The number of nitrogens with zero attached hydrogens (tertiary/aromatic N) is 1. The van der Waals surface area contributed by atoms with E-state index in [9.17, 15) is 4.79 Å². The van der Waals surface area contributed by atoms with Crippen LogP contribution in [0.3, 0.4) is 0 Å². The number of carbonyl (C=O) groups excluding carboxylic acids is 1. The Bertz CT molecular complexity index is 952. The van der Waals surface area contributed by atoms with E-state index in [2.05, 4.69) is 43.3 Å². The molecule has 0 bridgehead atoms. The molecule has 5 nitrogen and oxygen atoms in total. The third kappa shape index (κ3) is 4.20. The fraction of sp³-hybridized carbons (Fsp3) is 0.158. The molecule has 0 fully saturated rings. The molecule has 1 heterocycles. The van der Waals surface area contributed by atoms with E-state index < -0.39 is 0 Å². The van der Waals surface area contributed by atoms with Gasteiger partial charge in [0.15, 0.2) is 5.82 Å². The molecule has 0 saturated heterocycles. The maximum atomic E-state index is 12.4. The van der Waals surface area contributed by atoms with Gasteiger partial charge in [-0.15, -0.1) is 5.92 Å². The van der Waals surface area contributed by atoms with Gasteiger partial charge in [0, 0.05) is 21.8 Å². The highest BCUT2D eigenvalue weighted by atomic mass is 79.9. The average Bonchev–Trinajstić information content (AvgIpc) is 3.01. The van der Waals surface area contributed by atoms with Gasteiger partial charge in [-0.25, -0.2) is 0 Å². The minimum Gasteiger partial charge on any atom is -0.481 e. The van der Waals surface area contributed by atoms with Crippen LogP contribution in [0, 0.1) is 11.8 Å². The predicted octanol–water partition coefficient (Wildman–Crippen LogP) is 4.37. The number of hydrogen-bond donors (Lipinski definition) is 2. The molecule has 0 aliphatic rings. The van der Waals surface area contributed by atoms with Gasteiger partial charge in [-0.2, -0.15) is 5.10 Å². The number of benzene rings is 2. The van der Waals surface area contributed by atoms with Crippen LogP contribution in [0.15, 0.2) is 46.9 Å². The summed E-state index contributed by atoms with van der Waals surface area (Å²) in [6, 6.07) is 12.7. The molecule has 2 N–H and O–H groups in total. The normalized spacial score (nSPS) is 10.2. The van der Waals surface area contributed by atoms with Crippen LogP contribution < -0.4 is 10.1 Å². The summed E-state index contributed by atoms with van der Waals surface area (Å²) in [7, 11) is 0. The van der Waals surface area contributed by atoms with E-state index in [1.807, 2.05) is 37.3 Å². The Morgan fingerprint density at radius 1 is 1.24 bits per heavy atom. The number of anilines is 1. The number of halogens is 1. The van der Waals surface area contributed by atoms with Crippen molar-refractivity contribution < 1.29 is 9.53 Å². The number of amides is 1. The van der Waals surface area contributed by atoms with Crippen LogP contribution >= 0.6 is 15.9 Å². The van der Waals surface area contributed by atoms with Crippen molar-refractivity contribution in [2.45, 2.75) is 13.3 Å². The van der Waals surface area contributed by atoms with Gasteiger partial charge in [0.05, 0.1) is 5.52 Å². The van der Waals surface area contributed by atoms with E-state index in [1.54, 1.807) is 12.1 Å². The van der Waals surface area contributed by atoms with E-state index >= 15 is 0 Å². The van der Waals surface area contributed by atoms with Crippen molar-refractivity contribution in [3.8, 4) is 17.6 Å². The summed E-state index contributed by atoms with van der Waals surface area (Å²) in [5.41, 5.74) is 1.37. The van der Waals surface area contributed by atoms with Crippen molar-refractivity contribution in [2.24, 2.45) is 0 Å². The maximum Gasteiger partial charge on any atom is 0.256 e. The Labute approximate surface area is 153 Å². The summed E-state index contributed by atoms with van der Waals surface area (Å²) < 4.78 is 6.53. The average molecular weight is 398 g/mol. The van der Waals surface area contributed by atoms with Crippen LogP contribution in [0.25, 0.3) is 10.9 Å². The molecule has 6 heteroatoms. The molecular formula is C19H16BrN3O2. The highest BCUT2D eigenvalue weighted by molar-refractivity contribution is 9.10. The molecule has 0 spiro atoms. The van der Waals surface area contributed by atoms with Gasteiger partial charge >= 0.3 is 0 Å². The van der Waals surface area contributed by atoms with Crippen LogP contribution in [0.4, 0.5) is 5.82 Å². The van der Waals surface area contributed by atoms with Crippen LogP contribution in [0.1, 0.15) is 23.7 Å². The van der Waals surface area contributed by atoms with Gasteiger partial charge in [-0.05, 0) is 42.5 Å². The molecule has 3 aromatic rings. The number of aromatic amines is 1. The number of carbonyl (C=O) groups is 1. The second-order valence-corrected chi connectivity index (χ2v) is 6.15. The van der Waals surface area contributed by atoms with E-state index in [4.69, 9.17) is 4.74 Å². The van der Waals surface area contributed by atoms with Crippen molar-refractivity contribution in [3.63, 3.8) is 0 Å². The number of fused-ring (bicyclic) bond motifs is 1. The maximum absolute atomic E-state index is 12.4. The van der Waals surface area contributed by atoms with Gasteiger partial charge < -0.3 is 10.1 Å². The molecule has 25 heavy (non-hydrogen) atoms. The lowest BCUT2D eigenvalue weighted by Gasteiger charge is -2.04. The van der Waals surface area contributed by atoms with E-state index in [-0.39, 0.29) is 5.91 Å². The lowest BCUT2D eigenvalue weighted by molar-refractivity contribution is 0.102. The summed E-state index contributed by atoms with van der Waals surface area (Å²) in [6.45, 7) is 2.32. The number of H-pyrrole nitrogens is 1. The zero-order valence-electron chi connectivity index (χ0n) is 13.6. The first-order valence-electron chi connectivity index (χ1n) is 7.81. The fourth-order valence-electron chi connectivity index (χ4n) is 2.25.